The highest BCUT2D eigenvalue weighted by atomic mass is 16.3. The van der Waals surface area contributed by atoms with Crippen molar-refractivity contribution in [3.05, 3.63) is 40.2 Å². The van der Waals surface area contributed by atoms with Crippen LogP contribution in [0.3, 0.4) is 0 Å². The number of phenolic OH excluding ortho intramolecular Hbond substituents is 1. The molecule has 0 aliphatic heterocycles. The quantitative estimate of drug-likeness (QED) is 0.588. The monoisotopic (exact) mass is 188 g/mol. The van der Waals surface area contributed by atoms with Crippen molar-refractivity contribution < 1.29 is 5.11 Å². The van der Waals surface area contributed by atoms with E-state index >= 15 is 0 Å². The summed E-state index contributed by atoms with van der Waals surface area (Å²) in [5, 5.41) is 16.9. The highest BCUT2D eigenvalue weighted by Crippen LogP contribution is 2.19. The average molecular weight is 188 g/mol. The molecule has 0 saturated heterocycles. The predicted molar refractivity (Wildman–Crippen MR) is 54.1 cm³/mol. The van der Waals surface area contributed by atoms with Crippen LogP contribution < -0.4 is 5.43 Å². The van der Waals surface area contributed by atoms with Crippen molar-refractivity contribution in [1.29, 1.82) is 5.41 Å². The Morgan fingerprint density at radius 1 is 1.43 bits per heavy atom. The van der Waals surface area contributed by atoms with Crippen molar-refractivity contribution in [3.8, 4) is 5.75 Å². The molecule has 0 bridgehead atoms. The van der Waals surface area contributed by atoms with E-state index in [0.717, 1.165) is 6.21 Å². The second-order valence-corrected chi connectivity index (χ2v) is 2.93. The number of benzene rings is 1. The third kappa shape index (κ3) is 1.17. The summed E-state index contributed by atoms with van der Waals surface area (Å²) in [7, 11) is 0. The number of phenols is 1. The van der Waals surface area contributed by atoms with Crippen molar-refractivity contribution in [2.45, 2.75) is 0 Å². The Labute approximate surface area is 79.3 Å². The molecule has 0 saturated carbocycles. The van der Waals surface area contributed by atoms with Gasteiger partial charge in [0.2, 0.25) is 0 Å². The molecule has 4 heteroatoms. The third-order valence-corrected chi connectivity index (χ3v) is 2.02. The van der Waals surface area contributed by atoms with Gasteiger partial charge in [0.05, 0.1) is 11.2 Å². The fourth-order valence-electron chi connectivity index (χ4n) is 1.35. The van der Waals surface area contributed by atoms with E-state index in [2.05, 4.69) is 4.98 Å². The molecule has 14 heavy (non-hydrogen) atoms. The number of hydrogen-bond donors (Lipinski definition) is 3. The summed E-state index contributed by atoms with van der Waals surface area (Å²) in [6.45, 7) is 0. The van der Waals surface area contributed by atoms with Gasteiger partial charge in [-0.15, -0.1) is 0 Å². The second-order valence-electron chi connectivity index (χ2n) is 2.93. The first-order chi connectivity index (χ1) is 6.72. The van der Waals surface area contributed by atoms with Gasteiger partial charge >= 0.3 is 0 Å². The maximum atomic E-state index is 11.5. The number of rotatable bonds is 1. The first-order valence-electron chi connectivity index (χ1n) is 4.08. The van der Waals surface area contributed by atoms with Crippen molar-refractivity contribution in [2.24, 2.45) is 0 Å². The minimum Gasteiger partial charge on any atom is -0.506 e. The number of hydrogen-bond acceptors (Lipinski definition) is 3. The van der Waals surface area contributed by atoms with Crippen LogP contribution in [-0.2, 0) is 0 Å². The number of pyridine rings is 1. The minimum atomic E-state index is -0.201. The van der Waals surface area contributed by atoms with E-state index in [1.54, 1.807) is 12.1 Å². The molecule has 3 N–H and O–H groups in total. The fraction of sp³-hybridized carbons (Fsp3) is 0. The summed E-state index contributed by atoms with van der Waals surface area (Å²) in [4.78, 5) is 14.3. The van der Waals surface area contributed by atoms with Crippen molar-refractivity contribution in [2.75, 3.05) is 0 Å². The van der Waals surface area contributed by atoms with Crippen molar-refractivity contribution >= 4 is 17.1 Å². The molecule has 4 nitrogen and oxygen atoms in total. The summed E-state index contributed by atoms with van der Waals surface area (Å²) in [5.41, 5.74) is 0.552. The molecular weight excluding hydrogens is 180 g/mol. The van der Waals surface area contributed by atoms with E-state index in [9.17, 15) is 9.90 Å². The number of aromatic hydroxyl groups is 1. The largest absolute Gasteiger partial charge is 0.506 e. The molecule has 1 aromatic heterocycles. The molecule has 0 aliphatic carbocycles. The van der Waals surface area contributed by atoms with Gasteiger partial charge in [-0.25, -0.2) is 0 Å². The molecular formula is C10H8N2O2. The van der Waals surface area contributed by atoms with Gasteiger partial charge in [0, 0.05) is 17.7 Å². The van der Waals surface area contributed by atoms with Gasteiger partial charge in [-0.3, -0.25) is 4.79 Å². The highest BCUT2D eigenvalue weighted by molar-refractivity contribution is 5.87. The molecule has 1 heterocycles. The number of H-pyrrole nitrogens is 1. The molecule has 1 aromatic carbocycles. The normalized spacial score (nSPS) is 10.3. The lowest BCUT2D eigenvalue weighted by Gasteiger charge is -2.01. The van der Waals surface area contributed by atoms with Gasteiger partial charge in [0.25, 0.3) is 0 Å². The molecule has 0 unspecified atom stereocenters. The lowest BCUT2D eigenvalue weighted by Crippen LogP contribution is -2.04. The van der Waals surface area contributed by atoms with Crippen LogP contribution in [0.4, 0.5) is 0 Å². The van der Waals surface area contributed by atoms with Crippen molar-refractivity contribution in [3.63, 3.8) is 0 Å². The van der Waals surface area contributed by atoms with Crippen molar-refractivity contribution in [1.82, 2.24) is 4.98 Å². The summed E-state index contributed by atoms with van der Waals surface area (Å²) < 4.78 is 0. The zero-order valence-corrected chi connectivity index (χ0v) is 7.24. The molecule has 0 atom stereocenters. The number of nitrogens with one attached hydrogen (secondary N) is 2. The molecule has 0 amide bonds. The number of para-hydroxylation sites is 1. The molecule has 0 fully saturated rings. The minimum absolute atomic E-state index is 0.0169. The van der Waals surface area contributed by atoms with Gasteiger partial charge in [-0.05, 0) is 12.1 Å². The zero-order chi connectivity index (χ0) is 10.1. The van der Waals surface area contributed by atoms with E-state index in [-0.39, 0.29) is 11.2 Å². The first-order valence-corrected chi connectivity index (χ1v) is 4.08. The molecule has 70 valence electrons. The van der Waals surface area contributed by atoms with E-state index in [1.165, 1.54) is 12.1 Å². The van der Waals surface area contributed by atoms with E-state index in [4.69, 9.17) is 5.41 Å². The van der Waals surface area contributed by atoms with Crippen LogP contribution in [0.15, 0.2) is 29.1 Å². The second kappa shape index (κ2) is 2.99. The summed E-state index contributed by atoms with van der Waals surface area (Å²) in [6.07, 6.45) is 1.03. The summed E-state index contributed by atoms with van der Waals surface area (Å²) in [6, 6.07) is 6.05. The van der Waals surface area contributed by atoms with Crippen LogP contribution in [0, 0.1) is 5.41 Å². The summed E-state index contributed by atoms with van der Waals surface area (Å²) in [5.74, 6) is 0.0169. The fourth-order valence-corrected chi connectivity index (χ4v) is 1.35. The van der Waals surface area contributed by atoms with Gasteiger partial charge < -0.3 is 15.5 Å². The number of aromatic nitrogens is 1. The maximum absolute atomic E-state index is 11.5. The van der Waals surface area contributed by atoms with E-state index in [0.29, 0.717) is 16.6 Å². The molecule has 0 aliphatic rings. The maximum Gasteiger partial charge on any atom is 0.190 e. The number of aromatic amines is 1. The Morgan fingerprint density at radius 3 is 2.93 bits per heavy atom. The third-order valence-electron chi connectivity index (χ3n) is 2.02. The number of fused-ring (bicyclic) bond motifs is 1. The Hall–Kier alpha value is -2.10. The molecule has 2 rings (SSSR count). The van der Waals surface area contributed by atoms with Crippen LogP contribution in [0.1, 0.15) is 5.69 Å². The van der Waals surface area contributed by atoms with Gasteiger partial charge in [0.15, 0.2) is 5.43 Å². The Balaban J connectivity index is 2.97. The lowest BCUT2D eigenvalue weighted by molar-refractivity contribution is 0.480. The predicted octanol–water partition coefficient (Wildman–Crippen LogP) is 1.23. The van der Waals surface area contributed by atoms with E-state index < -0.39 is 0 Å². The standard InChI is InChI=1S/C10H8N2O2/c11-5-6-4-9(14)7-2-1-3-8(13)10(7)12-6/h1-5,11,13H,(H,12,14). The molecule has 0 radical (unpaired) electrons. The highest BCUT2D eigenvalue weighted by Gasteiger charge is 2.03. The molecule has 0 spiro atoms. The van der Waals surface area contributed by atoms with Crippen LogP contribution in [-0.4, -0.2) is 16.3 Å². The topological polar surface area (TPSA) is 76.9 Å². The molecule has 2 aromatic rings. The van der Waals surface area contributed by atoms with Gasteiger partial charge in [-0.1, -0.05) is 6.07 Å². The Kier molecular flexibility index (Phi) is 1.81. The smallest absolute Gasteiger partial charge is 0.190 e. The van der Waals surface area contributed by atoms with Gasteiger partial charge in [-0.2, -0.15) is 0 Å². The van der Waals surface area contributed by atoms with E-state index in [1.807, 2.05) is 0 Å². The average Bonchev–Trinajstić information content (AvgIpc) is 2.19. The van der Waals surface area contributed by atoms with Crippen LogP contribution >= 0.6 is 0 Å². The SMILES string of the molecule is N=Cc1cc(=O)c2cccc(O)c2[nH]1. The lowest BCUT2D eigenvalue weighted by atomic mass is 10.2. The van der Waals surface area contributed by atoms with Crippen LogP contribution in [0.2, 0.25) is 0 Å². The van der Waals surface area contributed by atoms with Gasteiger partial charge in [0.1, 0.15) is 5.75 Å². The summed E-state index contributed by atoms with van der Waals surface area (Å²) >= 11 is 0. The first kappa shape index (κ1) is 8.50. The van der Waals surface area contributed by atoms with Crippen LogP contribution in [0.25, 0.3) is 10.9 Å². The Bertz CT molecular complexity index is 558. The zero-order valence-electron chi connectivity index (χ0n) is 7.24. The van der Waals surface area contributed by atoms with Crippen LogP contribution in [0.5, 0.6) is 5.75 Å². The Morgan fingerprint density at radius 2 is 2.21 bits per heavy atom.